The van der Waals surface area contributed by atoms with Crippen LogP contribution in [0.15, 0.2) is 42.6 Å². The number of aromatic nitrogens is 3. The van der Waals surface area contributed by atoms with Gasteiger partial charge in [-0.3, -0.25) is 4.79 Å². The third-order valence-corrected chi connectivity index (χ3v) is 8.42. The number of nitrogens with zero attached hydrogens (tertiary/aromatic N) is 5. The molecule has 2 fully saturated rings. The molecular formula is C30H33ClN6O2. The van der Waals surface area contributed by atoms with Crippen LogP contribution in [0.1, 0.15) is 21.5 Å². The molecule has 0 spiro atoms. The van der Waals surface area contributed by atoms with Crippen LogP contribution in [0, 0.1) is 13.8 Å². The Labute approximate surface area is 233 Å². The molecule has 0 radical (unpaired) electrons. The second kappa shape index (κ2) is 10.6. The van der Waals surface area contributed by atoms with E-state index in [1.807, 2.05) is 35.4 Å². The van der Waals surface area contributed by atoms with Crippen molar-refractivity contribution in [3.63, 3.8) is 0 Å². The molecule has 4 aromatic rings. The number of hydrogen-bond donors (Lipinski definition) is 1. The van der Waals surface area contributed by atoms with E-state index in [0.717, 1.165) is 59.5 Å². The number of hydrogen-bond acceptors (Lipinski definition) is 6. The zero-order chi connectivity index (χ0) is 27.1. The molecule has 2 aliphatic heterocycles. The lowest BCUT2D eigenvalue weighted by atomic mass is 9.99. The Hall–Kier alpha value is -3.46. The minimum atomic E-state index is 0.0392. The van der Waals surface area contributed by atoms with Crippen LogP contribution in [0.3, 0.4) is 0 Å². The second-order valence-corrected chi connectivity index (χ2v) is 10.9. The van der Waals surface area contributed by atoms with E-state index in [-0.39, 0.29) is 5.91 Å². The summed E-state index contributed by atoms with van der Waals surface area (Å²) in [4.78, 5) is 22.7. The molecule has 9 heteroatoms. The van der Waals surface area contributed by atoms with Gasteiger partial charge in [0.25, 0.3) is 5.91 Å². The quantitative estimate of drug-likeness (QED) is 0.398. The molecule has 2 aromatic carbocycles. The number of piperazine rings is 1. The molecule has 1 amide bonds. The summed E-state index contributed by atoms with van der Waals surface area (Å²) in [6.45, 7) is 10.7. The Kier molecular flexibility index (Phi) is 7.01. The fourth-order valence-electron chi connectivity index (χ4n) is 5.69. The summed E-state index contributed by atoms with van der Waals surface area (Å²) in [5.74, 6) is 0.0392. The normalized spacial score (nSPS) is 16.7. The lowest BCUT2D eigenvalue weighted by molar-refractivity contribution is 0.0303. The highest BCUT2D eigenvalue weighted by molar-refractivity contribution is 6.34. The topological polar surface area (TPSA) is 77.6 Å². The number of carbonyl (C=O) groups excluding carboxylic acids is 1. The Bertz CT molecular complexity index is 1520. The number of aryl methyl sites for hydroxylation is 1. The van der Waals surface area contributed by atoms with Gasteiger partial charge in [0.2, 0.25) is 0 Å². The molecule has 2 aromatic heterocycles. The minimum Gasteiger partial charge on any atom is -0.378 e. The van der Waals surface area contributed by atoms with Crippen LogP contribution in [0.2, 0.25) is 5.02 Å². The van der Waals surface area contributed by atoms with E-state index in [1.54, 1.807) is 0 Å². The van der Waals surface area contributed by atoms with E-state index in [2.05, 4.69) is 58.0 Å². The van der Waals surface area contributed by atoms with Gasteiger partial charge >= 0.3 is 0 Å². The van der Waals surface area contributed by atoms with Crippen molar-refractivity contribution in [2.24, 2.45) is 0 Å². The van der Waals surface area contributed by atoms with Gasteiger partial charge in [-0.25, -0.2) is 0 Å². The maximum Gasteiger partial charge on any atom is 0.254 e. The number of H-pyrrole nitrogens is 1. The summed E-state index contributed by atoms with van der Waals surface area (Å²) < 4.78 is 5.37. The smallest absolute Gasteiger partial charge is 0.254 e. The molecule has 1 N–H and O–H groups in total. The Balaban J connectivity index is 1.31. The van der Waals surface area contributed by atoms with E-state index in [1.165, 1.54) is 11.3 Å². The van der Waals surface area contributed by atoms with Crippen molar-refractivity contribution in [1.29, 1.82) is 0 Å². The molecule has 4 heterocycles. The first-order valence-electron chi connectivity index (χ1n) is 13.5. The van der Waals surface area contributed by atoms with Crippen molar-refractivity contribution in [1.82, 2.24) is 25.0 Å². The van der Waals surface area contributed by atoms with E-state index < -0.39 is 0 Å². The maximum atomic E-state index is 12.9. The maximum absolute atomic E-state index is 12.9. The largest absolute Gasteiger partial charge is 0.378 e. The zero-order valence-corrected chi connectivity index (χ0v) is 23.4. The lowest BCUT2D eigenvalue weighted by Gasteiger charge is -2.36. The van der Waals surface area contributed by atoms with E-state index in [4.69, 9.17) is 16.3 Å². The van der Waals surface area contributed by atoms with Crippen LogP contribution >= 0.6 is 11.6 Å². The number of fused-ring (bicyclic) bond motifs is 1. The van der Waals surface area contributed by atoms with E-state index >= 15 is 0 Å². The number of anilines is 1. The van der Waals surface area contributed by atoms with Crippen LogP contribution in [0.4, 0.5) is 5.69 Å². The van der Waals surface area contributed by atoms with Crippen molar-refractivity contribution < 1.29 is 9.53 Å². The van der Waals surface area contributed by atoms with Gasteiger partial charge in [-0.15, -0.1) is 10.2 Å². The predicted molar refractivity (Wildman–Crippen MR) is 156 cm³/mol. The van der Waals surface area contributed by atoms with Gasteiger partial charge in [-0.05, 0) is 61.9 Å². The molecule has 8 nitrogen and oxygen atoms in total. The van der Waals surface area contributed by atoms with Gasteiger partial charge in [0.05, 0.1) is 23.9 Å². The third-order valence-electron chi connectivity index (χ3n) is 7.93. The summed E-state index contributed by atoms with van der Waals surface area (Å²) >= 11 is 6.99. The van der Waals surface area contributed by atoms with Gasteiger partial charge in [-0.1, -0.05) is 23.7 Å². The van der Waals surface area contributed by atoms with Gasteiger partial charge < -0.3 is 24.4 Å². The first-order valence-corrected chi connectivity index (χ1v) is 13.8. The van der Waals surface area contributed by atoms with Crippen LogP contribution in [0.25, 0.3) is 33.4 Å². The molecule has 0 atom stereocenters. The highest BCUT2D eigenvalue weighted by atomic mass is 35.5. The molecule has 2 aliphatic rings. The molecule has 39 heavy (non-hydrogen) atoms. The highest BCUT2D eigenvalue weighted by Crippen LogP contribution is 2.39. The van der Waals surface area contributed by atoms with Gasteiger partial charge in [0.1, 0.15) is 0 Å². The summed E-state index contributed by atoms with van der Waals surface area (Å²) in [6.07, 6.45) is 1.94. The van der Waals surface area contributed by atoms with E-state index in [0.29, 0.717) is 42.5 Å². The number of benzene rings is 2. The standard InChI is InChI=1S/C30H33ClN6O2/c1-19-16-24(27(31)20(2)28(19)36-10-8-35(3)9-11-36)26-17-23-25(18-32-29(23)34-33-26)21-4-6-22(7-5-21)30(38)37-12-14-39-15-13-37/h4-7,16-18H,8-15H2,1-3H3,(H,32,34). The average Bonchev–Trinajstić information content (AvgIpc) is 3.39. The summed E-state index contributed by atoms with van der Waals surface area (Å²) in [5.41, 5.74) is 8.51. The molecule has 0 aliphatic carbocycles. The van der Waals surface area contributed by atoms with Crippen LogP contribution in [0.5, 0.6) is 0 Å². The number of carbonyl (C=O) groups is 1. The number of nitrogens with one attached hydrogen (secondary N) is 1. The first kappa shape index (κ1) is 25.8. The van der Waals surface area contributed by atoms with Crippen molar-refractivity contribution in [2.75, 3.05) is 64.4 Å². The summed E-state index contributed by atoms with van der Waals surface area (Å²) in [6, 6.07) is 11.9. The predicted octanol–water partition coefficient (Wildman–Crippen LogP) is 4.79. The SMILES string of the molecule is Cc1cc(-c2cc3c(-c4ccc(C(=O)N5CCOCC5)cc4)c[nH]c3nn2)c(Cl)c(C)c1N1CCN(C)CC1. The fourth-order valence-corrected chi connectivity index (χ4v) is 5.93. The molecule has 0 bridgehead atoms. The van der Waals surface area contributed by atoms with Gasteiger partial charge in [-0.2, -0.15) is 0 Å². The van der Waals surface area contributed by atoms with Crippen LogP contribution in [-0.4, -0.2) is 90.4 Å². The Morgan fingerprint density at radius 3 is 2.38 bits per heavy atom. The molecule has 6 rings (SSSR count). The second-order valence-electron chi connectivity index (χ2n) is 10.5. The number of likely N-dealkylation sites (N-methyl/N-ethyl adjacent to an activating group) is 1. The van der Waals surface area contributed by atoms with Crippen molar-refractivity contribution >= 4 is 34.2 Å². The fraction of sp³-hybridized carbons (Fsp3) is 0.367. The average molecular weight is 545 g/mol. The van der Waals surface area contributed by atoms with Crippen molar-refractivity contribution in [3.8, 4) is 22.4 Å². The van der Waals surface area contributed by atoms with Crippen molar-refractivity contribution in [2.45, 2.75) is 13.8 Å². The monoisotopic (exact) mass is 544 g/mol. The van der Waals surface area contributed by atoms with E-state index in [9.17, 15) is 4.79 Å². The number of halogens is 1. The molecular weight excluding hydrogens is 512 g/mol. The zero-order valence-electron chi connectivity index (χ0n) is 22.6. The lowest BCUT2D eigenvalue weighted by Crippen LogP contribution is -2.45. The first-order chi connectivity index (χ1) is 18.9. The summed E-state index contributed by atoms with van der Waals surface area (Å²) in [7, 11) is 2.16. The molecule has 2 saturated heterocycles. The number of ether oxygens (including phenoxy) is 1. The van der Waals surface area contributed by atoms with Gasteiger partial charge in [0, 0.05) is 73.2 Å². The number of aromatic amines is 1. The number of amides is 1. The Morgan fingerprint density at radius 2 is 1.67 bits per heavy atom. The molecule has 0 unspecified atom stereocenters. The summed E-state index contributed by atoms with van der Waals surface area (Å²) in [5, 5.41) is 10.7. The van der Waals surface area contributed by atoms with Crippen LogP contribution < -0.4 is 4.90 Å². The minimum absolute atomic E-state index is 0.0392. The number of rotatable bonds is 4. The van der Waals surface area contributed by atoms with Gasteiger partial charge in [0.15, 0.2) is 5.65 Å². The molecule has 202 valence electrons. The van der Waals surface area contributed by atoms with Crippen LogP contribution in [-0.2, 0) is 4.74 Å². The third kappa shape index (κ3) is 4.88. The number of morpholine rings is 1. The van der Waals surface area contributed by atoms with Crippen molar-refractivity contribution in [3.05, 3.63) is 64.3 Å². The Morgan fingerprint density at radius 1 is 0.949 bits per heavy atom. The highest BCUT2D eigenvalue weighted by Gasteiger charge is 2.23. The molecule has 0 saturated carbocycles.